The van der Waals surface area contributed by atoms with Gasteiger partial charge in [-0.25, -0.2) is 13.2 Å². The minimum absolute atomic E-state index is 0.338. The second kappa shape index (κ2) is 4.85. The van der Waals surface area contributed by atoms with Crippen LogP contribution < -0.4 is 4.90 Å². The highest BCUT2D eigenvalue weighted by Gasteiger charge is 2.24. The van der Waals surface area contributed by atoms with Crippen molar-refractivity contribution in [3.05, 3.63) is 23.3 Å². The van der Waals surface area contributed by atoms with Gasteiger partial charge in [-0.15, -0.1) is 0 Å². The van der Waals surface area contributed by atoms with E-state index in [0.29, 0.717) is 17.0 Å². The van der Waals surface area contributed by atoms with Crippen LogP contribution in [0.2, 0.25) is 0 Å². The summed E-state index contributed by atoms with van der Waals surface area (Å²) in [6.07, 6.45) is 3.47. The van der Waals surface area contributed by atoms with Gasteiger partial charge in [-0.3, -0.25) is 4.90 Å². The third-order valence-corrected chi connectivity index (χ3v) is 4.70. The zero-order valence-corrected chi connectivity index (χ0v) is 11.8. The standard InChI is InChI=1S/C13H17NO4S/c1-14(13(15)16)11-7-8-12(19(2,17)18)10-6-4-3-5-9(10)11/h7-8H,3-6H2,1-2H3,(H,15,16). The van der Waals surface area contributed by atoms with E-state index in [9.17, 15) is 13.2 Å². The first kappa shape index (κ1) is 13.9. The molecule has 1 N–H and O–H groups in total. The predicted molar refractivity (Wildman–Crippen MR) is 72.6 cm³/mol. The minimum Gasteiger partial charge on any atom is -0.465 e. The largest absolute Gasteiger partial charge is 0.465 e. The Bertz CT molecular complexity index is 622. The SMILES string of the molecule is CN(C(=O)O)c1ccc(S(C)(=O)=O)c2c1CCCC2. The number of carbonyl (C=O) groups is 1. The van der Waals surface area contributed by atoms with Gasteiger partial charge >= 0.3 is 6.09 Å². The van der Waals surface area contributed by atoms with Gasteiger partial charge in [0.15, 0.2) is 9.84 Å². The molecule has 0 atom stereocenters. The van der Waals surface area contributed by atoms with Crippen LogP contribution in [0.4, 0.5) is 10.5 Å². The van der Waals surface area contributed by atoms with Crippen molar-refractivity contribution in [2.45, 2.75) is 30.6 Å². The van der Waals surface area contributed by atoms with Gasteiger partial charge in [0.1, 0.15) is 0 Å². The Labute approximate surface area is 112 Å². The number of carboxylic acid groups (broad SMARTS) is 1. The summed E-state index contributed by atoms with van der Waals surface area (Å²) in [5.74, 6) is 0. The summed E-state index contributed by atoms with van der Waals surface area (Å²) in [7, 11) is -1.79. The number of nitrogens with zero attached hydrogens (tertiary/aromatic N) is 1. The number of hydrogen-bond acceptors (Lipinski definition) is 3. The highest BCUT2D eigenvalue weighted by molar-refractivity contribution is 7.90. The topological polar surface area (TPSA) is 74.7 Å². The summed E-state index contributed by atoms with van der Waals surface area (Å²) < 4.78 is 23.6. The number of amides is 1. The fraction of sp³-hybridized carbons (Fsp3) is 0.462. The monoisotopic (exact) mass is 283 g/mol. The molecule has 1 aromatic rings. The molecular weight excluding hydrogens is 266 g/mol. The maximum atomic E-state index is 11.8. The van der Waals surface area contributed by atoms with E-state index in [1.807, 2.05) is 0 Å². The molecule has 1 aliphatic rings. The van der Waals surface area contributed by atoms with Crippen molar-refractivity contribution in [1.29, 1.82) is 0 Å². The average Bonchev–Trinajstić information content (AvgIpc) is 2.35. The van der Waals surface area contributed by atoms with Gasteiger partial charge in [-0.05, 0) is 48.9 Å². The summed E-state index contributed by atoms with van der Waals surface area (Å²) in [6.45, 7) is 0. The minimum atomic E-state index is -3.27. The molecule has 104 valence electrons. The third-order valence-electron chi connectivity index (χ3n) is 3.51. The van der Waals surface area contributed by atoms with Crippen molar-refractivity contribution in [3.8, 4) is 0 Å². The number of sulfone groups is 1. The third kappa shape index (κ3) is 2.58. The first-order valence-corrected chi connectivity index (χ1v) is 8.03. The molecule has 19 heavy (non-hydrogen) atoms. The summed E-state index contributed by atoms with van der Waals surface area (Å²) in [6, 6.07) is 3.11. The summed E-state index contributed by atoms with van der Waals surface area (Å²) in [5, 5.41) is 9.07. The average molecular weight is 283 g/mol. The van der Waals surface area contributed by atoms with Gasteiger partial charge in [0.2, 0.25) is 0 Å². The van der Waals surface area contributed by atoms with Crippen molar-refractivity contribution < 1.29 is 18.3 Å². The Hall–Kier alpha value is -1.56. The molecule has 5 nitrogen and oxygen atoms in total. The number of benzene rings is 1. The van der Waals surface area contributed by atoms with Crippen LogP contribution in [0.1, 0.15) is 24.0 Å². The van der Waals surface area contributed by atoms with Crippen LogP contribution in [-0.2, 0) is 22.7 Å². The fourth-order valence-electron chi connectivity index (χ4n) is 2.58. The number of fused-ring (bicyclic) bond motifs is 1. The second-order valence-corrected chi connectivity index (χ2v) is 6.84. The van der Waals surface area contributed by atoms with E-state index >= 15 is 0 Å². The Morgan fingerprint density at radius 1 is 1.21 bits per heavy atom. The van der Waals surface area contributed by atoms with Gasteiger partial charge in [0.05, 0.1) is 10.6 Å². The molecule has 0 bridgehead atoms. The van der Waals surface area contributed by atoms with Crippen molar-refractivity contribution in [2.75, 3.05) is 18.2 Å². The van der Waals surface area contributed by atoms with Crippen LogP contribution in [0.3, 0.4) is 0 Å². The molecule has 6 heteroatoms. The molecule has 0 fully saturated rings. The normalized spacial score (nSPS) is 14.8. The van der Waals surface area contributed by atoms with Gasteiger partial charge in [0.25, 0.3) is 0 Å². The smallest absolute Gasteiger partial charge is 0.411 e. The zero-order chi connectivity index (χ0) is 14.2. The van der Waals surface area contributed by atoms with Gasteiger partial charge < -0.3 is 5.11 Å². The van der Waals surface area contributed by atoms with Gasteiger partial charge in [0, 0.05) is 13.3 Å². The van der Waals surface area contributed by atoms with Crippen molar-refractivity contribution >= 4 is 21.6 Å². The molecule has 0 spiro atoms. The Balaban J connectivity index is 2.65. The zero-order valence-electron chi connectivity index (χ0n) is 11.0. The lowest BCUT2D eigenvalue weighted by Crippen LogP contribution is -2.26. The van der Waals surface area contributed by atoms with E-state index < -0.39 is 15.9 Å². The Kier molecular flexibility index (Phi) is 3.54. The first-order chi connectivity index (χ1) is 8.82. The molecule has 0 radical (unpaired) electrons. The Morgan fingerprint density at radius 3 is 2.32 bits per heavy atom. The molecule has 0 aliphatic heterocycles. The molecule has 0 heterocycles. The summed E-state index contributed by atoms with van der Waals surface area (Å²) in [4.78, 5) is 12.6. The molecule has 0 unspecified atom stereocenters. The number of rotatable bonds is 2. The van der Waals surface area contributed by atoms with Crippen molar-refractivity contribution in [3.63, 3.8) is 0 Å². The van der Waals surface area contributed by atoms with Crippen LogP contribution >= 0.6 is 0 Å². The van der Waals surface area contributed by atoms with E-state index in [-0.39, 0.29) is 0 Å². The number of hydrogen-bond donors (Lipinski definition) is 1. The van der Waals surface area contributed by atoms with E-state index in [1.165, 1.54) is 19.4 Å². The fourth-order valence-corrected chi connectivity index (χ4v) is 3.57. The van der Waals surface area contributed by atoms with Crippen LogP contribution in [0.5, 0.6) is 0 Å². The Morgan fingerprint density at radius 2 is 1.79 bits per heavy atom. The summed E-state index contributed by atoms with van der Waals surface area (Å²) >= 11 is 0. The van der Waals surface area contributed by atoms with Gasteiger partial charge in [-0.1, -0.05) is 0 Å². The van der Waals surface area contributed by atoms with E-state index in [1.54, 1.807) is 6.07 Å². The van der Waals surface area contributed by atoms with Crippen LogP contribution in [0, 0.1) is 0 Å². The molecule has 0 saturated heterocycles. The molecule has 1 aromatic carbocycles. The highest BCUT2D eigenvalue weighted by Crippen LogP contribution is 2.34. The summed E-state index contributed by atoms with van der Waals surface area (Å²) in [5.41, 5.74) is 2.24. The molecular formula is C13H17NO4S. The second-order valence-electron chi connectivity index (χ2n) is 4.86. The van der Waals surface area contributed by atoms with Crippen molar-refractivity contribution in [1.82, 2.24) is 0 Å². The molecule has 0 aromatic heterocycles. The van der Waals surface area contributed by atoms with Crippen LogP contribution in [-0.4, -0.2) is 32.9 Å². The van der Waals surface area contributed by atoms with Crippen molar-refractivity contribution in [2.24, 2.45) is 0 Å². The molecule has 1 amide bonds. The lowest BCUT2D eigenvalue weighted by Gasteiger charge is -2.25. The highest BCUT2D eigenvalue weighted by atomic mass is 32.2. The van der Waals surface area contributed by atoms with E-state index in [2.05, 4.69) is 0 Å². The lowest BCUT2D eigenvalue weighted by atomic mass is 9.90. The predicted octanol–water partition coefficient (Wildman–Crippen LogP) is 2.08. The van der Waals surface area contributed by atoms with E-state index in [4.69, 9.17) is 5.11 Å². The first-order valence-electron chi connectivity index (χ1n) is 6.14. The quantitative estimate of drug-likeness (QED) is 0.901. The van der Waals surface area contributed by atoms with Crippen LogP contribution in [0.25, 0.3) is 0 Å². The lowest BCUT2D eigenvalue weighted by molar-refractivity contribution is 0.203. The maximum absolute atomic E-state index is 11.8. The maximum Gasteiger partial charge on any atom is 0.411 e. The number of anilines is 1. The molecule has 0 saturated carbocycles. The molecule has 1 aliphatic carbocycles. The van der Waals surface area contributed by atoms with E-state index in [0.717, 1.165) is 35.3 Å². The van der Waals surface area contributed by atoms with Gasteiger partial charge in [-0.2, -0.15) is 0 Å². The van der Waals surface area contributed by atoms with Crippen LogP contribution in [0.15, 0.2) is 17.0 Å². The molecule has 2 rings (SSSR count).